The Morgan fingerprint density at radius 1 is 0.341 bits per heavy atom. The number of nitrogens with zero attached hydrogens (tertiary/aromatic N) is 11. The fourth-order valence-corrected chi connectivity index (χ4v) is 5.25. The van der Waals surface area contributed by atoms with Gasteiger partial charge in [-0.2, -0.15) is 57.9 Å². The molecule has 0 saturated heterocycles. The van der Waals surface area contributed by atoms with Gasteiger partial charge in [-0.25, -0.2) is 0 Å². The summed E-state index contributed by atoms with van der Waals surface area (Å²) in [4.78, 5) is 0. The van der Waals surface area contributed by atoms with Crippen molar-refractivity contribution in [1.82, 2.24) is 0 Å². The van der Waals surface area contributed by atoms with Crippen molar-refractivity contribution >= 4 is 33.4 Å². The average Bonchev–Trinajstić information content (AvgIpc) is 3.62. The number of nitriles is 11. The third kappa shape index (κ3) is 3.01. The lowest BCUT2D eigenvalue weighted by atomic mass is 9.97. The third-order valence-corrected chi connectivity index (χ3v) is 6.66. The van der Waals surface area contributed by atoms with Crippen LogP contribution in [0.2, 0.25) is 0 Å². The fourth-order valence-electron chi connectivity index (χ4n) is 5.25. The first-order chi connectivity index (χ1) is 19.8. The molecule has 41 heavy (non-hydrogen) atoms. The normalized spacial score (nSPS) is 13.3. The van der Waals surface area contributed by atoms with E-state index in [1.54, 1.807) is 24.3 Å². The Morgan fingerprint density at radius 3 is 0.732 bits per heavy atom. The van der Waals surface area contributed by atoms with Crippen LogP contribution in [0, 0.1) is 125 Å². The van der Waals surface area contributed by atoms with Crippen molar-refractivity contribution in [2.45, 2.75) is 6.92 Å². The van der Waals surface area contributed by atoms with Crippen LogP contribution in [0.4, 0.5) is 0 Å². The summed E-state index contributed by atoms with van der Waals surface area (Å²) in [5.74, 6) is 0. The minimum Gasteiger partial charge on any atom is -0.193 e. The predicted molar refractivity (Wildman–Crippen MR) is 133 cm³/mol. The molecule has 11 nitrogen and oxygen atoms in total. The summed E-state index contributed by atoms with van der Waals surface area (Å²) in [5.41, 5.74) is -4.32. The molecule has 0 unspecified atom stereocenters. The van der Waals surface area contributed by atoms with Gasteiger partial charge in [-0.1, -0.05) is 0 Å². The zero-order valence-corrected chi connectivity index (χ0v) is 20.4. The smallest absolute Gasteiger partial charge is 0.139 e. The van der Waals surface area contributed by atoms with Crippen molar-refractivity contribution in [3.63, 3.8) is 0 Å². The van der Waals surface area contributed by atoms with Crippen LogP contribution in [0.1, 0.15) is 6.92 Å². The van der Waals surface area contributed by atoms with E-state index in [4.69, 9.17) is 0 Å². The highest BCUT2D eigenvalue weighted by atomic mass is 14.4. The highest BCUT2D eigenvalue weighted by Crippen LogP contribution is 2.29. The van der Waals surface area contributed by atoms with Gasteiger partial charge in [0.2, 0.25) is 0 Å². The Bertz CT molecular complexity index is 2430. The van der Waals surface area contributed by atoms with Crippen LogP contribution in [0.25, 0.3) is 33.4 Å². The quantitative estimate of drug-likeness (QED) is 0.350. The van der Waals surface area contributed by atoms with Gasteiger partial charge in [0.1, 0.15) is 71.8 Å². The van der Waals surface area contributed by atoms with Crippen LogP contribution in [0.15, 0.2) is 33.4 Å². The molecule has 11 heteroatoms. The molecule has 0 fully saturated rings. The van der Waals surface area contributed by atoms with Crippen LogP contribution in [0.3, 0.4) is 0 Å². The number of rotatable bonds is 0. The standard InChI is InChI=1S/C30H3N11/c1-13(2-31)22-16(7-36)25-26(17(22)8-37)28-19(10-39)24(15(5-34)6-35)21(12-41)30(28)29-20(11-40)23(14(3-32)4-33)18(9-38)27(25)29/h1H3. The minimum absolute atomic E-state index is 0.0743. The van der Waals surface area contributed by atoms with E-state index in [9.17, 15) is 57.9 Å². The van der Waals surface area contributed by atoms with Crippen LogP contribution < -0.4 is 31.3 Å². The topological polar surface area (TPSA) is 262 Å². The van der Waals surface area contributed by atoms with Gasteiger partial charge in [0.15, 0.2) is 0 Å². The van der Waals surface area contributed by atoms with Gasteiger partial charge >= 0.3 is 0 Å². The lowest BCUT2D eigenvalue weighted by Gasteiger charge is -2.00. The van der Waals surface area contributed by atoms with Gasteiger partial charge in [0, 0.05) is 53.6 Å². The lowest BCUT2D eigenvalue weighted by Crippen LogP contribution is -2.65. The molecular formula is C30H3N11. The van der Waals surface area contributed by atoms with Gasteiger partial charge < -0.3 is 0 Å². The predicted octanol–water partition coefficient (Wildman–Crippen LogP) is -1.70. The molecular weight excluding hydrogens is 514 g/mol. The van der Waals surface area contributed by atoms with E-state index in [0.29, 0.717) is 0 Å². The van der Waals surface area contributed by atoms with Crippen LogP contribution in [-0.4, -0.2) is 0 Å². The molecule has 0 spiro atoms. The Balaban J connectivity index is 2.90. The summed E-state index contributed by atoms with van der Waals surface area (Å²) in [6, 6.07) is 19.7. The van der Waals surface area contributed by atoms with E-state index < -0.39 is 22.3 Å². The second-order valence-corrected chi connectivity index (χ2v) is 8.23. The summed E-state index contributed by atoms with van der Waals surface area (Å²) < 4.78 is 0. The van der Waals surface area contributed by atoms with E-state index in [0.717, 1.165) is 0 Å². The minimum atomic E-state index is -0.631. The maximum absolute atomic E-state index is 10.2. The molecule has 1 aromatic rings. The third-order valence-electron chi connectivity index (χ3n) is 6.66. The molecule has 1 aromatic carbocycles. The zero-order chi connectivity index (χ0) is 30.2. The number of hydrogen-bond donors (Lipinski definition) is 0. The van der Waals surface area contributed by atoms with Gasteiger partial charge in [-0.15, -0.1) is 0 Å². The van der Waals surface area contributed by atoms with E-state index in [1.165, 1.54) is 6.92 Å². The van der Waals surface area contributed by atoms with Crippen molar-refractivity contribution < 1.29 is 0 Å². The second kappa shape index (κ2) is 9.49. The highest BCUT2D eigenvalue weighted by Gasteiger charge is 2.35. The van der Waals surface area contributed by atoms with E-state index in [-0.39, 0.29) is 75.9 Å². The summed E-state index contributed by atoms with van der Waals surface area (Å²) in [6.45, 7) is 1.34. The van der Waals surface area contributed by atoms with Gasteiger partial charge in [0.25, 0.3) is 0 Å². The molecule has 0 radical (unpaired) electrons. The second-order valence-electron chi connectivity index (χ2n) is 8.23. The maximum Gasteiger partial charge on any atom is 0.139 e. The fraction of sp³-hybridized carbons (Fsp3) is 0.0333. The molecule has 0 aliphatic heterocycles. The number of fused-ring (bicyclic) bond motifs is 6. The first kappa shape index (κ1) is 26.1. The van der Waals surface area contributed by atoms with Crippen molar-refractivity contribution in [1.29, 1.82) is 57.9 Å². The number of benzene rings is 1. The Labute approximate surface area is 229 Å². The molecule has 0 amide bonds. The molecule has 0 aromatic heterocycles. The molecule has 0 bridgehead atoms. The molecule has 0 N–H and O–H groups in total. The van der Waals surface area contributed by atoms with Crippen LogP contribution in [0.5, 0.6) is 0 Å². The van der Waals surface area contributed by atoms with E-state index in [1.807, 2.05) is 42.5 Å². The van der Waals surface area contributed by atoms with Crippen LogP contribution in [-0.2, 0) is 0 Å². The summed E-state index contributed by atoms with van der Waals surface area (Å²) in [6.07, 6.45) is 0. The van der Waals surface area contributed by atoms with Crippen molar-refractivity contribution in [3.8, 4) is 66.8 Å². The first-order valence-electron chi connectivity index (χ1n) is 11.0. The molecule has 3 aliphatic rings. The summed E-state index contributed by atoms with van der Waals surface area (Å²) in [5, 5.41) is 109. The van der Waals surface area contributed by atoms with Crippen molar-refractivity contribution in [2.75, 3.05) is 0 Å². The molecule has 3 aliphatic carbocycles. The number of allylic oxidation sites excluding steroid dienone is 6. The molecule has 0 heterocycles. The summed E-state index contributed by atoms with van der Waals surface area (Å²) >= 11 is 0. The van der Waals surface area contributed by atoms with E-state index in [2.05, 4.69) is 0 Å². The Hall–Kier alpha value is -7.95. The molecule has 4 rings (SSSR count). The summed E-state index contributed by atoms with van der Waals surface area (Å²) in [7, 11) is 0. The van der Waals surface area contributed by atoms with Crippen molar-refractivity contribution in [2.24, 2.45) is 0 Å². The molecule has 0 saturated carbocycles. The Morgan fingerprint density at radius 2 is 0.561 bits per heavy atom. The Kier molecular flexibility index (Phi) is 6.05. The molecule has 0 atom stereocenters. The molecule has 178 valence electrons. The monoisotopic (exact) mass is 517 g/mol. The van der Waals surface area contributed by atoms with E-state index >= 15 is 0 Å². The first-order valence-corrected chi connectivity index (χ1v) is 11.0. The highest BCUT2D eigenvalue weighted by molar-refractivity contribution is 6.08. The largest absolute Gasteiger partial charge is 0.193 e. The lowest BCUT2D eigenvalue weighted by molar-refractivity contribution is 1.30. The zero-order valence-electron chi connectivity index (χ0n) is 20.4. The van der Waals surface area contributed by atoms with Gasteiger partial charge in [0.05, 0.1) is 39.5 Å². The maximum atomic E-state index is 10.2. The van der Waals surface area contributed by atoms with Gasteiger partial charge in [-0.3, -0.25) is 0 Å². The van der Waals surface area contributed by atoms with Crippen LogP contribution >= 0.6 is 0 Å². The van der Waals surface area contributed by atoms with Crippen molar-refractivity contribution in [3.05, 3.63) is 64.8 Å². The average molecular weight is 517 g/mol. The van der Waals surface area contributed by atoms with Gasteiger partial charge in [-0.05, 0) is 6.92 Å². The number of hydrogen-bond acceptors (Lipinski definition) is 11. The SMILES string of the molecule is CC(C#N)=C1C(C#N)=c2c(c3c(c4c2=C(C#N)C(=C(C#N)C#N)C=4C#N)=C(C#N)C(=C(C#N)C#N)C=3C#N)=C1C#N.